The van der Waals surface area contributed by atoms with Crippen LogP contribution in [0.5, 0.6) is 5.75 Å². The quantitative estimate of drug-likeness (QED) is 0.318. The van der Waals surface area contributed by atoms with Gasteiger partial charge in [0.15, 0.2) is 11.6 Å². The number of nitrogens with zero attached hydrogens (tertiary/aromatic N) is 5. The van der Waals surface area contributed by atoms with Gasteiger partial charge in [-0.25, -0.2) is 23.3 Å². The molecule has 2 fully saturated rings. The third kappa shape index (κ3) is 5.03. The van der Waals surface area contributed by atoms with Gasteiger partial charge in [0.2, 0.25) is 0 Å². The maximum Gasteiger partial charge on any atom is 0.573 e. The Bertz CT molecular complexity index is 1620. The van der Waals surface area contributed by atoms with Crippen molar-refractivity contribution in [2.75, 3.05) is 23.3 Å². The normalized spacial score (nSPS) is 17.4. The highest BCUT2D eigenvalue weighted by molar-refractivity contribution is 6.09. The van der Waals surface area contributed by atoms with E-state index in [-0.39, 0.29) is 24.1 Å². The Kier molecular flexibility index (Phi) is 6.14. The third-order valence-corrected chi connectivity index (χ3v) is 7.54. The minimum absolute atomic E-state index is 0.0612. The molecule has 2 aliphatic rings. The van der Waals surface area contributed by atoms with Crippen LogP contribution in [0.15, 0.2) is 55.1 Å². The van der Waals surface area contributed by atoms with Crippen LogP contribution in [0.4, 0.5) is 33.3 Å². The number of hydrogen-bond donors (Lipinski definition) is 2. The molecular weight excluding hydrogens is 551 g/mol. The van der Waals surface area contributed by atoms with Crippen molar-refractivity contribution >= 4 is 22.8 Å². The lowest BCUT2D eigenvalue weighted by Crippen LogP contribution is -2.70. The predicted molar refractivity (Wildman–Crippen MR) is 137 cm³/mol. The number of aliphatic hydroxyl groups is 1. The van der Waals surface area contributed by atoms with Gasteiger partial charge in [-0.2, -0.15) is 5.10 Å². The van der Waals surface area contributed by atoms with Crippen molar-refractivity contribution in [3.05, 3.63) is 66.2 Å². The second kappa shape index (κ2) is 9.36. The number of aromatic nitrogens is 4. The van der Waals surface area contributed by atoms with Gasteiger partial charge in [-0.1, -0.05) is 12.1 Å². The summed E-state index contributed by atoms with van der Waals surface area (Å²) < 4.78 is 68.7. The summed E-state index contributed by atoms with van der Waals surface area (Å²) in [6.45, 7) is 2.85. The van der Waals surface area contributed by atoms with Crippen LogP contribution in [0, 0.1) is 12.3 Å². The first-order chi connectivity index (χ1) is 19.3. The van der Waals surface area contributed by atoms with Crippen molar-refractivity contribution < 1.29 is 36.6 Å². The summed E-state index contributed by atoms with van der Waals surface area (Å²) in [7, 11) is 0. The molecule has 4 aromatic rings. The van der Waals surface area contributed by atoms with E-state index < -0.39 is 30.0 Å². The van der Waals surface area contributed by atoms with Crippen LogP contribution in [0.1, 0.15) is 28.8 Å². The Morgan fingerprint density at radius 2 is 1.80 bits per heavy atom. The number of carbonyl (C=O) groups excluding carboxylic acids is 1. The Balaban J connectivity index is 1.17. The summed E-state index contributed by atoms with van der Waals surface area (Å²) in [4.78, 5) is 23.2. The second-order valence-electron chi connectivity index (χ2n) is 10.7. The molecule has 1 saturated carbocycles. The molecule has 2 N–H and O–H groups in total. The average molecular weight is 575 g/mol. The Morgan fingerprint density at radius 3 is 2.46 bits per heavy atom. The van der Waals surface area contributed by atoms with Crippen molar-refractivity contribution in [2.45, 2.75) is 38.2 Å². The fourth-order valence-electron chi connectivity index (χ4n) is 5.65. The van der Waals surface area contributed by atoms with E-state index >= 15 is 0 Å². The van der Waals surface area contributed by atoms with Gasteiger partial charge in [0.25, 0.3) is 12.3 Å². The number of amides is 1. The first kappa shape index (κ1) is 26.9. The molecule has 0 unspecified atom stereocenters. The maximum atomic E-state index is 13.3. The highest BCUT2D eigenvalue weighted by Gasteiger charge is 2.63. The van der Waals surface area contributed by atoms with Gasteiger partial charge in [0.1, 0.15) is 5.60 Å². The van der Waals surface area contributed by atoms with E-state index in [1.54, 1.807) is 41.9 Å². The molecule has 1 aromatic carbocycles. The lowest BCUT2D eigenvalue weighted by molar-refractivity contribution is -0.274. The predicted octanol–water partition coefficient (Wildman–Crippen LogP) is 4.85. The van der Waals surface area contributed by atoms with Crippen LogP contribution in [0.2, 0.25) is 0 Å². The number of carbonyl (C=O) groups is 1. The lowest BCUT2D eigenvalue weighted by atomic mass is 9.55. The van der Waals surface area contributed by atoms with Gasteiger partial charge >= 0.3 is 6.36 Å². The fraction of sp³-hybridized carbons (Fsp3) is 0.333. The SMILES string of the molecule is Cc1ccc(-c2ncc(OC(F)(F)F)cn2)cc1NC(=O)c1cnn2ccc(N3CC4(C3)CC(O)(C(F)F)C4)cc12. The minimum Gasteiger partial charge on any atom is -0.402 e. The number of ether oxygens (including phenoxy) is 1. The van der Waals surface area contributed by atoms with E-state index in [0.717, 1.165) is 23.6 Å². The first-order valence-corrected chi connectivity index (χ1v) is 12.6. The summed E-state index contributed by atoms with van der Waals surface area (Å²) in [6, 6.07) is 8.64. The van der Waals surface area contributed by atoms with Gasteiger partial charge < -0.3 is 20.1 Å². The molecule has 6 rings (SSSR count). The summed E-state index contributed by atoms with van der Waals surface area (Å²) >= 11 is 0. The van der Waals surface area contributed by atoms with Crippen LogP contribution in [-0.2, 0) is 0 Å². The fourth-order valence-corrected chi connectivity index (χ4v) is 5.65. The molecular formula is C27H23F5N6O3. The van der Waals surface area contributed by atoms with Crippen LogP contribution in [0.25, 0.3) is 16.9 Å². The number of halogens is 5. The van der Waals surface area contributed by atoms with Gasteiger partial charge in [-0.15, -0.1) is 13.2 Å². The summed E-state index contributed by atoms with van der Waals surface area (Å²) in [5.74, 6) is -0.847. The Labute approximate surface area is 229 Å². The summed E-state index contributed by atoms with van der Waals surface area (Å²) in [6.07, 6.45) is -2.54. The van der Waals surface area contributed by atoms with Gasteiger partial charge in [0.05, 0.1) is 29.7 Å². The third-order valence-electron chi connectivity index (χ3n) is 7.54. The second-order valence-corrected chi connectivity index (χ2v) is 10.7. The van der Waals surface area contributed by atoms with Crippen molar-refractivity contribution in [1.82, 2.24) is 19.6 Å². The first-order valence-electron chi connectivity index (χ1n) is 12.6. The molecule has 1 aliphatic heterocycles. The molecule has 0 radical (unpaired) electrons. The number of aryl methyl sites for hydroxylation is 1. The smallest absolute Gasteiger partial charge is 0.402 e. The van der Waals surface area contributed by atoms with Gasteiger partial charge in [-0.3, -0.25) is 4.79 Å². The number of alkyl halides is 5. The van der Waals surface area contributed by atoms with Crippen LogP contribution in [0.3, 0.4) is 0 Å². The zero-order valence-electron chi connectivity index (χ0n) is 21.5. The summed E-state index contributed by atoms with van der Waals surface area (Å²) in [5, 5.41) is 17.1. The molecule has 1 saturated heterocycles. The monoisotopic (exact) mass is 574 g/mol. The molecule has 1 amide bonds. The Morgan fingerprint density at radius 1 is 1.10 bits per heavy atom. The van der Waals surface area contributed by atoms with Gasteiger partial charge in [0, 0.05) is 41.6 Å². The number of nitrogens with one attached hydrogen (secondary N) is 1. The number of rotatable bonds is 6. The maximum absolute atomic E-state index is 13.3. The zero-order chi connectivity index (χ0) is 29.2. The van der Waals surface area contributed by atoms with Crippen molar-refractivity contribution in [2.24, 2.45) is 5.41 Å². The lowest BCUT2D eigenvalue weighted by Gasteiger charge is -2.62. The molecule has 14 heteroatoms. The van der Waals surface area contributed by atoms with E-state index in [9.17, 15) is 31.9 Å². The van der Waals surface area contributed by atoms with E-state index in [2.05, 4.69) is 25.1 Å². The highest BCUT2D eigenvalue weighted by Crippen LogP contribution is 2.56. The standard InChI is InChI=1S/C27H23F5N6O3/c1-15-2-3-16(22-33-8-18(9-34-22)41-27(30,31)32)6-20(15)36-23(39)19-10-35-38-5-4-17(7-21(19)38)37-13-25(14-37)11-26(40,12-25)24(28)29/h2-10,24,40H,11-14H2,1H3,(H,36,39). The van der Waals surface area contributed by atoms with Crippen molar-refractivity contribution in [3.63, 3.8) is 0 Å². The van der Waals surface area contributed by atoms with E-state index in [1.165, 1.54) is 6.20 Å². The molecule has 9 nitrogen and oxygen atoms in total. The number of fused-ring (bicyclic) bond motifs is 1. The average Bonchev–Trinajstić information content (AvgIpc) is 3.29. The number of benzene rings is 1. The van der Waals surface area contributed by atoms with Gasteiger partial charge in [-0.05, 0) is 43.5 Å². The van der Waals surface area contributed by atoms with E-state index in [0.29, 0.717) is 35.4 Å². The zero-order valence-corrected chi connectivity index (χ0v) is 21.5. The number of pyridine rings is 1. The molecule has 214 valence electrons. The number of hydrogen-bond acceptors (Lipinski definition) is 7. The molecule has 0 bridgehead atoms. The topological polar surface area (TPSA) is 105 Å². The molecule has 1 spiro atoms. The molecule has 4 heterocycles. The summed E-state index contributed by atoms with van der Waals surface area (Å²) in [5.41, 5.74) is 1.06. The molecule has 1 aliphatic carbocycles. The van der Waals surface area contributed by atoms with Crippen molar-refractivity contribution in [1.29, 1.82) is 0 Å². The van der Waals surface area contributed by atoms with E-state index in [1.807, 2.05) is 11.0 Å². The molecule has 41 heavy (non-hydrogen) atoms. The number of anilines is 2. The van der Waals surface area contributed by atoms with Crippen LogP contribution < -0.4 is 15.0 Å². The van der Waals surface area contributed by atoms with E-state index in [4.69, 9.17) is 0 Å². The largest absolute Gasteiger partial charge is 0.573 e. The van der Waals surface area contributed by atoms with Crippen LogP contribution >= 0.6 is 0 Å². The van der Waals surface area contributed by atoms with Crippen LogP contribution in [-0.4, -0.2) is 62.1 Å². The Hall–Kier alpha value is -4.33. The molecule has 0 atom stereocenters. The minimum atomic E-state index is -4.86. The van der Waals surface area contributed by atoms with Crippen molar-refractivity contribution in [3.8, 4) is 17.1 Å². The highest BCUT2D eigenvalue weighted by atomic mass is 19.4. The molecule has 3 aromatic heterocycles.